The summed E-state index contributed by atoms with van der Waals surface area (Å²) < 4.78 is 4.90. The van der Waals surface area contributed by atoms with E-state index in [4.69, 9.17) is 10.00 Å². The van der Waals surface area contributed by atoms with Crippen molar-refractivity contribution in [2.75, 3.05) is 18.2 Å². The summed E-state index contributed by atoms with van der Waals surface area (Å²) >= 11 is 1.06. The maximum Gasteiger partial charge on any atom is 0.255 e. The summed E-state index contributed by atoms with van der Waals surface area (Å²) in [6.45, 7) is 3.63. The Morgan fingerprint density at radius 2 is 2.22 bits per heavy atom. The number of nitrogens with zero attached hydrogens (tertiary/aromatic N) is 2. The molecule has 0 unspecified atom stereocenters. The number of aromatic nitrogens is 3. The fraction of sp³-hybridized carbons (Fsp3) is 0.286. The second-order valence-electron chi connectivity index (χ2n) is 4.67. The van der Waals surface area contributed by atoms with Gasteiger partial charge in [0, 0.05) is 5.69 Å². The zero-order valence-electron chi connectivity index (χ0n) is 12.8. The van der Waals surface area contributed by atoms with Gasteiger partial charge in [0.1, 0.15) is 11.9 Å². The molecule has 0 aliphatic heterocycles. The lowest BCUT2D eigenvalue weighted by atomic mass is 10.2. The average molecular weight is 333 g/mol. The van der Waals surface area contributed by atoms with Crippen molar-refractivity contribution in [1.29, 1.82) is 5.26 Å². The van der Waals surface area contributed by atoms with Gasteiger partial charge in [0.15, 0.2) is 5.16 Å². The number of nitrogens with one attached hydrogen (secondary N) is 3. The van der Waals surface area contributed by atoms with Crippen molar-refractivity contribution in [3.8, 4) is 11.9 Å². The summed E-state index contributed by atoms with van der Waals surface area (Å²) in [6.07, 6.45) is 0. The van der Waals surface area contributed by atoms with E-state index in [1.54, 1.807) is 6.92 Å². The summed E-state index contributed by atoms with van der Waals surface area (Å²) in [7, 11) is 1.41. The van der Waals surface area contributed by atoms with E-state index in [1.165, 1.54) is 13.2 Å². The fourth-order valence-corrected chi connectivity index (χ4v) is 2.52. The van der Waals surface area contributed by atoms with Crippen LogP contribution in [0.4, 0.5) is 5.82 Å². The van der Waals surface area contributed by atoms with E-state index in [1.807, 2.05) is 6.92 Å². The number of hydrogen-bond acceptors (Lipinski definition) is 6. The van der Waals surface area contributed by atoms with Gasteiger partial charge in [0.05, 0.1) is 24.5 Å². The number of aromatic amines is 2. The van der Waals surface area contributed by atoms with Crippen LogP contribution in [-0.2, 0) is 4.79 Å². The third kappa shape index (κ3) is 3.92. The second-order valence-corrected chi connectivity index (χ2v) is 5.63. The van der Waals surface area contributed by atoms with Gasteiger partial charge >= 0.3 is 0 Å². The SMILES string of the molecule is COc1cc(=O)[nH]c(SCC(=O)Nc2[nH]c(C)c(C)c2C#N)n1. The van der Waals surface area contributed by atoms with Gasteiger partial charge < -0.3 is 20.0 Å². The first-order valence-corrected chi connectivity index (χ1v) is 7.60. The molecule has 2 aromatic rings. The molecule has 0 spiro atoms. The number of carbonyl (C=O) groups is 1. The van der Waals surface area contributed by atoms with Gasteiger partial charge in [0.2, 0.25) is 11.8 Å². The minimum atomic E-state index is -0.359. The zero-order valence-corrected chi connectivity index (χ0v) is 13.6. The Kier molecular flexibility index (Phi) is 5.08. The van der Waals surface area contributed by atoms with Crippen LogP contribution < -0.4 is 15.6 Å². The highest BCUT2D eigenvalue weighted by Gasteiger charge is 2.14. The van der Waals surface area contributed by atoms with Gasteiger partial charge in [0.25, 0.3) is 5.56 Å². The fourth-order valence-electron chi connectivity index (χ4n) is 1.85. The van der Waals surface area contributed by atoms with E-state index in [0.717, 1.165) is 23.0 Å². The largest absolute Gasteiger partial charge is 0.481 e. The average Bonchev–Trinajstić information content (AvgIpc) is 2.78. The molecule has 0 fully saturated rings. The molecule has 0 aliphatic rings. The van der Waals surface area contributed by atoms with Crippen LogP contribution in [0.15, 0.2) is 16.0 Å². The van der Waals surface area contributed by atoms with E-state index in [0.29, 0.717) is 11.4 Å². The number of carbonyl (C=O) groups excluding carboxylic acids is 1. The zero-order chi connectivity index (χ0) is 17.0. The van der Waals surface area contributed by atoms with Crippen LogP contribution in [0.3, 0.4) is 0 Å². The standard InChI is InChI=1S/C14H15N5O3S/c1-7-8(2)16-13(9(7)5-15)17-11(21)6-23-14-18-10(20)4-12(19-14)22-3/h4,16H,6H2,1-3H3,(H,17,21)(H,18,19,20). The number of H-pyrrole nitrogens is 2. The van der Waals surface area contributed by atoms with Crippen LogP contribution >= 0.6 is 11.8 Å². The van der Waals surface area contributed by atoms with Crippen LogP contribution in [0.25, 0.3) is 0 Å². The Balaban J connectivity index is 2.04. The molecular weight excluding hydrogens is 318 g/mol. The minimum absolute atomic E-state index is 0.0259. The molecule has 3 N–H and O–H groups in total. The van der Waals surface area contributed by atoms with Crippen LogP contribution in [0.2, 0.25) is 0 Å². The summed E-state index contributed by atoms with van der Waals surface area (Å²) in [5.41, 5.74) is 1.67. The number of methoxy groups -OCH3 is 1. The molecule has 0 aliphatic carbocycles. The van der Waals surface area contributed by atoms with Gasteiger partial charge in [-0.3, -0.25) is 9.59 Å². The molecule has 0 radical (unpaired) electrons. The van der Waals surface area contributed by atoms with Gasteiger partial charge in [-0.25, -0.2) is 0 Å². The molecule has 2 aromatic heterocycles. The summed E-state index contributed by atoms with van der Waals surface area (Å²) in [5, 5.41) is 12.1. The van der Waals surface area contributed by atoms with Gasteiger partial charge in [-0.2, -0.15) is 10.2 Å². The normalized spacial score (nSPS) is 10.2. The van der Waals surface area contributed by atoms with Crippen molar-refractivity contribution in [3.63, 3.8) is 0 Å². The Hall–Kier alpha value is -2.73. The topological polar surface area (TPSA) is 124 Å². The number of aryl methyl sites for hydroxylation is 1. The predicted molar refractivity (Wildman–Crippen MR) is 85.7 cm³/mol. The number of nitriles is 1. The van der Waals surface area contributed by atoms with Crippen LogP contribution in [0.5, 0.6) is 5.88 Å². The first kappa shape index (κ1) is 16.6. The Morgan fingerprint density at radius 3 is 2.87 bits per heavy atom. The van der Waals surface area contributed by atoms with Crippen molar-refractivity contribution < 1.29 is 9.53 Å². The molecule has 1 amide bonds. The van der Waals surface area contributed by atoms with E-state index >= 15 is 0 Å². The summed E-state index contributed by atoms with van der Waals surface area (Å²) in [5.74, 6) is 0.260. The minimum Gasteiger partial charge on any atom is -0.481 e. The lowest BCUT2D eigenvalue weighted by Gasteiger charge is -2.04. The predicted octanol–water partition coefficient (Wildman–Crippen LogP) is 1.33. The van der Waals surface area contributed by atoms with Gasteiger partial charge in [-0.1, -0.05) is 11.8 Å². The Morgan fingerprint density at radius 1 is 1.48 bits per heavy atom. The molecule has 9 heteroatoms. The molecule has 23 heavy (non-hydrogen) atoms. The van der Waals surface area contributed by atoms with Crippen molar-refractivity contribution in [2.24, 2.45) is 0 Å². The van der Waals surface area contributed by atoms with E-state index in [-0.39, 0.29) is 28.3 Å². The summed E-state index contributed by atoms with van der Waals surface area (Å²) in [4.78, 5) is 32.9. The second kappa shape index (κ2) is 7.02. The lowest BCUT2D eigenvalue weighted by molar-refractivity contribution is -0.113. The molecule has 2 heterocycles. The van der Waals surface area contributed by atoms with E-state index < -0.39 is 0 Å². The molecule has 0 atom stereocenters. The van der Waals surface area contributed by atoms with Gasteiger partial charge in [-0.05, 0) is 19.4 Å². The molecule has 120 valence electrons. The molecule has 0 saturated heterocycles. The number of anilines is 1. The third-order valence-corrected chi connectivity index (χ3v) is 4.00. The number of hydrogen-bond donors (Lipinski definition) is 3. The highest BCUT2D eigenvalue weighted by molar-refractivity contribution is 7.99. The maximum absolute atomic E-state index is 12.0. The number of amides is 1. The quantitative estimate of drug-likeness (QED) is 0.560. The molecule has 0 bridgehead atoms. The number of thioether (sulfide) groups is 1. The van der Waals surface area contributed by atoms with E-state index in [2.05, 4.69) is 26.3 Å². The third-order valence-electron chi connectivity index (χ3n) is 3.12. The summed E-state index contributed by atoms with van der Waals surface area (Å²) in [6, 6.07) is 3.27. The molecule has 2 rings (SSSR count). The maximum atomic E-state index is 12.0. The Labute approximate surface area is 136 Å². The highest BCUT2D eigenvalue weighted by Crippen LogP contribution is 2.22. The van der Waals surface area contributed by atoms with Crippen molar-refractivity contribution in [1.82, 2.24) is 15.0 Å². The lowest BCUT2D eigenvalue weighted by Crippen LogP contribution is -2.16. The monoisotopic (exact) mass is 333 g/mol. The van der Waals surface area contributed by atoms with Gasteiger partial charge in [-0.15, -0.1) is 0 Å². The molecule has 0 aromatic carbocycles. The van der Waals surface area contributed by atoms with Crippen molar-refractivity contribution >= 4 is 23.5 Å². The Bertz CT molecular complexity index is 834. The first-order chi connectivity index (χ1) is 10.9. The van der Waals surface area contributed by atoms with Crippen molar-refractivity contribution in [3.05, 3.63) is 33.2 Å². The molecule has 0 saturated carbocycles. The molecular formula is C14H15N5O3S. The highest BCUT2D eigenvalue weighted by atomic mass is 32.2. The van der Waals surface area contributed by atoms with Crippen LogP contribution in [0, 0.1) is 25.2 Å². The molecule has 8 nitrogen and oxygen atoms in total. The van der Waals surface area contributed by atoms with E-state index in [9.17, 15) is 9.59 Å². The van der Waals surface area contributed by atoms with Crippen LogP contribution in [-0.4, -0.2) is 33.7 Å². The number of rotatable bonds is 5. The first-order valence-electron chi connectivity index (χ1n) is 6.62. The van der Waals surface area contributed by atoms with Crippen molar-refractivity contribution in [2.45, 2.75) is 19.0 Å². The van der Waals surface area contributed by atoms with Crippen LogP contribution in [0.1, 0.15) is 16.8 Å². The smallest absolute Gasteiger partial charge is 0.255 e. The number of ether oxygens (including phenoxy) is 1.